The number of carbonyl (C=O) groups is 2. The number of rotatable bonds is 5. The molecule has 0 radical (unpaired) electrons. The van der Waals surface area contributed by atoms with Crippen molar-refractivity contribution in [2.75, 3.05) is 6.54 Å². The SMILES string of the molecule is CCCNC(=O)c1nc(C(=O)NC2CCCCCC2)c2ccccn12. The quantitative estimate of drug-likeness (QED) is 0.820. The second kappa shape index (κ2) is 8.14. The summed E-state index contributed by atoms with van der Waals surface area (Å²) in [4.78, 5) is 29.5. The predicted octanol–water partition coefficient (Wildman–Crippen LogP) is 2.93. The molecule has 2 N–H and O–H groups in total. The number of fused-ring (bicyclic) bond motifs is 1. The third-order valence-corrected chi connectivity index (χ3v) is 4.69. The third-order valence-electron chi connectivity index (χ3n) is 4.69. The fourth-order valence-corrected chi connectivity index (χ4v) is 3.36. The van der Waals surface area contributed by atoms with Crippen molar-refractivity contribution in [3.8, 4) is 0 Å². The maximum atomic E-state index is 12.8. The Balaban J connectivity index is 1.85. The van der Waals surface area contributed by atoms with E-state index in [9.17, 15) is 9.59 Å². The van der Waals surface area contributed by atoms with Gasteiger partial charge in [-0.2, -0.15) is 0 Å². The molecule has 2 amide bonds. The summed E-state index contributed by atoms with van der Waals surface area (Å²) >= 11 is 0. The minimum atomic E-state index is -0.253. The van der Waals surface area contributed by atoms with Crippen LogP contribution in [0.25, 0.3) is 5.52 Å². The highest BCUT2D eigenvalue weighted by molar-refractivity contribution is 6.02. The van der Waals surface area contributed by atoms with E-state index in [2.05, 4.69) is 15.6 Å². The maximum absolute atomic E-state index is 12.8. The summed E-state index contributed by atoms with van der Waals surface area (Å²) in [5, 5.41) is 5.94. The first-order valence-corrected chi connectivity index (χ1v) is 9.27. The van der Waals surface area contributed by atoms with E-state index in [-0.39, 0.29) is 23.7 Å². The Morgan fingerprint density at radius 3 is 2.64 bits per heavy atom. The number of pyridine rings is 1. The van der Waals surface area contributed by atoms with Crippen molar-refractivity contribution < 1.29 is 9.59 Å². The fourth-order valence-electron chi connectivity index (χ4n) is 3.36. The molecule has 3 rings (SSSR count). The number of amides is 2. The van der Waals surface area contributed by atoms with Gasteiger partial charge in [-0.1, -0.05) is 38.7 Å². The highest BCUT2D eigenvalue weighted by Crippen LogP contribution is 2.19. The number of nitrogens with one attached hydrogen (secondary N) is 2. The van der Waals surface area contributed by atoms with E-state index >= 15 is 0 Å². The molecule has 0 aromatic carbocycles. The summed E-state index contributed by atoms with van der Waals surface area (Å²) in [7, 11) is 0. The minimum Gasteiger partial charge on any atom is -0.349 e. The monoisotopic (exact) mass is 342 g/mol. The fraction of sp³-hybridized carbons (Fsp3) is 0.526. The normalized spacial score (nSPS) is 15.7. The van der Waals surface area contributed by atoms with Crippen LogP contribution >= 0.6 is 0 Å². The lowest BCUT2D eigenvalue weighted by Gasteiger charge is -2.15. The largest absolute Gasteiger partial charge is 0.349 e. The van der Waals surface area contributed by atoms with E-state index < -0.39 is 0 Å². The Bertz CT molecular complexity index is 745. The molecule has 0 unspecified atom stereocenters. The Morgan fingerprint density at radius 1 is 1.16 bits per heavy atom. The van der Waals surface area contributed by atoms with Gasteiger partial charge in [-0.05, 0) is 31.4 Å². The van der Waals surface area contributed by atoms with E-state index in [1.54, 1.807) is 10.6 Å². The Hall–Kier alpha value is -2.37. The molecule has 0 aliphatic heterocycles. The van der Waals surface area contributed by atoms with E-state index in [0.29, 0.717) is 17.8 Å². The second-order valence-electron chi connectivity index (χ2n) is 6.66. The van der Waals surface area contributed by atoms with Gasteiger partial charge in [0.15, 0.2) is 5.69 Å². The Labute approximate surface area is 148 Å². The summed E-state index contributed by atoms with van der Waals surface area (Å²) in [5.41, 5.74) is 0.988. The number of hydrogen-bond donors (Lipinski definition) is 2. The van der Waals surface area contributed by atoms with Crippen molar-refractivity contribution in [2.24, 2.45) is 0 Å². The molecule has 134 valence electrons. The summed E-state index contributed by atoms with van der Waals surface area (Å²) < 4.78 is 1.69. The molecule has 25 heavy (non-hydrogen) atoms. The van der Waals surface area contributed by atoms with Crippen molar-refractivity contribution >= 4 is 17.3 Å². The molecule has 2 aromatic rings. The van der Waals surface area contributed by atoms with Crippen molar-refractivity contribution in [3.05, 3.63) is 35.9 Å². The predicted molar refractivity (Wildman–Crippen MR) is 96.8 cm³/mol. The second-order valence-corrected chi connectivity index (χ2v) is 6.66. The van der Waals surface area contributed by atoms with Gasteiger partial charge in [0.2, 0.25) is 5.82 Å². The summed E-state index contributed by atoms with van der Waals surface area (Å²) in [6, 6.07) is 5.71. The zero-order valence-electron chi connectivity index (χ0n) is 14.8. The molecule has 1 fully saturated rings. The van der Waals surface area contributed by atoms with Crippen molar-refractivity contribution in [2.45, 2.75) is 57.9 Å². The van der Waals surface area contributed by atoms with Gasteiger partial charge in [0.25, 0.3) is 11.8 Å². The van der Waals surface area contributed by atoms with Crippen molar-refractivity contribution in [1.82, 2.24) is 20.0 Å². The summed E-state index contributed by atoms with van der Waals surface area (Å²) in [5.74, 6) is -0.184. The lowest BCUT2D eigenvalue weighted by Crippen LogP contribution is -2.34. The molecule has 2 heterocycles. The molecule has 2 aromatic heterocycles. The molecular weight excluding hydrogens is 316 g/mol. The molecule has 6 heteroatoms. The molecule has 0 bridgehead atoms. The molecule has 1 saturated carbocycles. The van der Waals surface area contributed by atoms with Gasteiger partial charge in [-0.3, -0.25) is 14.0 Å². The Morgan fingerprint density at radius 2 is 1.92 bits per heavy atom. The molecule has 6 nitrogen and oxygen atoms in total. The maximum Gasteiger partial charge on any atom is 0.287 e. The first kappa shape index (κ1) is 17.5. The minimum absolute atomic E-state index is 0.190. The van der Waals surface area contributed by atoms with Gasteiger partial charge in [-0.25, -0.2) is 4.98 Å². The van der Waals surface area contributed by atoms with Crippen LogP contribution in [0, 0.1) is 0 Å². The third kappa shape index (κ3) is 4.00. The zero-order chi connectivity index (χ0) is 17.6. The van der Waals surface area contributed by atoms with E-state index in [0.717, 1.165) is 32.1 Å². The van der Waals surface area contributed by atoms with Crippen LogP contribution in [0.2, 0.25) is 0 Å². The van der Waals surface area contributed by atoms with Gasteiger partial charge in [0.05, 0.1) is 5.52 Å². The van der Waals surface area contributed by atoms with Gasteiger partial charge in [0.1, 0.15) is 0 Å². The van der Waals surface area contributed by atoms with Gasteiger partial charge in [0, 0.05) is 18.8 Å². The van der Waals surface area contributed by atoms with Crippen LogP contribution in [0.3, 0.4) is 0 Å². The molecule has 0 saturated heterocycles. The summed E-state index contributed by atoms with van der Waals surface area (Å²) in [6.45, 7) is 2.58. The van der Waals surface area contributed by atoms with Crippen molar-refractivity contribution in [3.63, 3.8) is 0 Å². The van der Waals surface area contributed by atoms with Crippen LogP contribution in [0.4, 0.5) is 0 Å². The highest BCUT2D eigenvalue weighted by atomic mass is 16.2. The van der Waals surface area contributed by atoms with E-state index in [1.807, 2.05) is 25.1 Å². The van der Waals surface area contributed by atoms with Crippen LogP contribution in [-0.4, -0.2) is 33.8 Å². The number of aromatic nitrogens is 2. The lowest BCUT2D eigenvalue weighted by atomic mass is 10.1. The molecular formula is C19H26N4O2. The number of hydrogen-bond acceptors (Lipinski definition) is 3. The van der Waals surface area contributed by atoms with Gasteiger partial charge >= 0.3 is 0 Å². The lowest BCUT2D eigenvalue weighted by molar-refractivity contribution is 0.0930. The average molecular weight is 342 g/mol. The molecule has 0 spiro atoms. The Kier molecular flexibility index (Phi) is 5.68. The van der Waals surface area contributed by atoms with Crippen LogP contribution in [0.15, 0.2) is 24.4 Å². The number of imidazole rings is 1. The standard InChI is InChI=1S/C19H26N4O2/c1-2-12-20-19(25)17-22-16(15-11-7-8-13-23(15)17)18(24)21-14-9-5-3-4-6-10-14/h7-8,11,13-14H,2-6,9-10,12H2,1H3,(H,20,25)(H,21,24). The van der Waals surface area contributed by atoms with Gasteiger partial charge in [-0.15, -0.1) is 0 Å². The van der Waals surface area contributed by atoms with Crippen LogP contribution in [0.5, 0.6) is 0 Å². The van der Waals surface area contributed by atoms with E-state index in [1.165, 1.54) is 12.8 Å². The number of nitrogens with zero attached hydrogens (tertiary/aromatic N) is 2. The van der Waals surface area contributed by atoms with Crippen LogP contribution < -0.4 is 10.6 Å². The summed E-state index contributed by atoms with van der Waals surface area (Å²) in [6.07, 6.45) is 9.43. The smallest absolute Gasteiger partial charge is 0.287 e. The number of carbonyl (C=O) groups excluding carboxylic acids is 2. The molecule has 1 aliphatic rings. The first-order valence-electron chi connectivity index (χ1n) is 9.27. The van der Waals surface area contributed by atoms with E-state index in [4.69, 9.17) is 0 Å². The van der Waals surface area contributed by atoms with Crippen molar-refractivity contribution in [1.29, 1.82) is 0 Å². The first-order chi connectivity index (χ1) is 12.2. The topological polar surface area (TPSA) is 75.5 Å². The highest BCUT2D eigenvalue weighted by Gasteiger charge is 2.23. The van der Waals surface area contributed by atoms with Crippen LogP contribution in [0.1, 0.15) is 73.0 Å². The van der Waals surface area contributed by atoms with Gasteiger partial charge < -0.3 is 10.6 Å². The van der Waals surface area contributed by atoms with Crippen LogP contribution in [-0.2, 0) is 0 Å². The molecule has 1 aliphatic carbocycles. The average Bonchev–Trinajstić information content (AvgIpc) is 2.83. The molecule has 0 atom stereocenters. The zero-order valence-corrected chi connectivity index (χ0v) is 14.8.